The summed E-state index contributed by atoms with van der Waals surface area (Å²) in [5.41, 5.74) is 3.87. The lowest BCUT2D eigenvalue weighted by Gasteiger charge is -2.71. The van der Waals surface area contributed by atoms with Crippen LogP contribution in [0.4, 0.5) is 0 Å². The molecule has 10 atom stereocenters. The summed E-state index contributed by atoms with van der Waals surface area (Å²) in [6.45, 7) is 11.4. The van der Waals surface area contributed by atoms with Gasteiger partial charge in [-0.2, -0.15) is 0 Å². The molecule has 1 aliphatic heterocycles. The number of sulfone groups is 1. The molecule has 7 aliphatic rings. The molecule has 0 bridgehead atoms. The van der Waals surface area contributed by atoms with Gasteiger partial charge in [-0.05, 0) is 134 Å². The predicted molar refractivity (Wildman–Crippen MR) is 181 cm³/mol. The van der Waals surface area contributed by atoms with Crippen molar-refractivity contribution in [3.05, 3.63) is 23.3 Å². The van der Waals surface area contributed by atoms with Gasteiger partial charge in [0, 0.05) is 18.6 Å². The lowest BCUT2D eigenvalue weighted by molar-refractivity contribution is -0.212. The van der Waals surface area contributed by atoms with Gasteiger partial charge >= 0.3 is 5.97 Å². The van der Waals surface area contributed by atoms with Crippen molar-refractivity contribution in [3.8, 4) is 0 Å². The molecule has 1 amide bonds. The summed E-state index contributed by atoms with van der Waals surface area (Å²) in [7, 11) is -3.00. The van der Waals surface area contributed by atoms with Crippen molar-refractivity contribution in [2.24, 2.45) is 51.8 Å². The number of hydrogen-bond acceptors (Lipinski definition) is 5. The second-order valence-electron chi connectivity index (χ2n) is 17.5. The first kappa shape index (κ1) is 32.9. The van der Waals surface area contributed by atoms with Crippen molar-refractivity contribution in [2.75, 3.05) is 31.1 Å². The Hall–Kier alpha value is -1.67. The molecule has 0 aromatic heterocycles. The van der Waals surface area contributed by atoms with Crippen molar-refractivity contribution in [2.45, 2.75) is 117 Å². The molecule has 0 spiro atoms. The van der Waals surface area contributed by atoms with E-state index in [1.165, 1.54) is 56.1 Å². The van der Waals surface area contributed by atoms with Crippen LogP contribution in [-0.4, -0.2) is 67.0 Å². The zero-order valence-corrected chi connectivity index (χ0v) is 29.6. The summed E-state index contributed by atoms with van der Waals surface area (Å²) >= 11 is 0. The minimum atomic E-state index is -3.00. The smallest absolute Gasteiger partial charge is 0.306 e. The van der Waals surface area contributed by atoms with Gasteiger partial charge in [0.2, 0.25) is 5.91 Å². The van der Waals surface area contributed by atoms with Crippen molar-refractivity contribution in [3.63, 3.8) is 0 Å². The summed E-state index contributed by atoms with van der Waals surface area (Å²) in [5, 5.41) is 13.4. The maximum absolute atomic E-state index is 13.2. The van der Waals surface area contributed by atoms with E-state index in [4.69, 9.17) is 0 Å². The summed E-state index contributed by atoms with van der Waals surface area (Å²) in [5.74, 6) is 2.56. The third kappa shape index (κ3) is 4.99. The average molecular weight is 655 g/mol. The van der Waals surface area contributed by atoms with Gasteiger partial charge in [0.05, 0.1) is 24.0 Å². The predicted octanol–water partition coefficient (Wildman–Crippen LogP) is 6.40. The average Bonchev–Trinajstić information content (AvgIpc) is 3.45. The van der Waals surface area contributed by atoms with Crippen molar-refractivity contribution >= 4 is 21.7 Å². The molecule has 7 rings (SSSR count). The summed E-state index contributed by atoms with van der Waals surface area (Å²) in [4.78, 5) is 26.5. The topological polar surface area (TPSA) is 104 Å². The van der Waals surface area contributed by atoms with Crippen LogP contribution in [0, 0.1) is 51.8 Å². The van der Waals surface area contributed by atoms with Gasteiger partial charge in [-0.15, -0.1) is 0 Å². The van der Waals surface area contributed by atoms with E-state index in [9.17, 15) is 23.1 Å². The minimum absolute atomic E-state index is 0.0381. The third-order valence-corrected chi connectivity index (χ3v) is 17.6. The number of allylic oxidation sites excluding steroid dienone is 4. The molecule has 7 nitrogen and oxygen atoms in total. The molecule has 0 aromatic carbocycles. The first-order valence-corrected chi connectivity index (χ1v) is 20.4. The third-order valence-electron chi connectivity index (χ3n) is 16.0. The zero-order valence-electron chi connectivity index (χ0n) is 28.8. The van der Waals surface area contributed by atoms with E-state index in [1.54, 1.807) is 4.90 Å². The Bertz CT molecular complexity index is 1420. The highest BCUT2D eigenvalue weighted by Crippen LogP contribution is 2.75. The minimum Gasteiger partial charge on any atom is -0.481 e. The Morgan fingerprint density at radius 2 is 1.67 bits per heavy atom. The van der Waals surface area contributed by atoms with Crippen LogP contribution in [0.2, 0.25) is 0 Å². The Labute approximate surface area is 277 Å². The van der Waals surface area contributed by atoms with Gasteiger partial charge < -0.3 is 15.3 Å². The van der Waals surface area contributed by atoms with Crippen LogP contribution >= 0.6 is 0 Å². The fourth-order valence-corrected chi connectivity index (χ4v) is 14.4. The highest BCUT2D eigenvalue weighted by molar-refractivity contribution is 7.91. The summed E-state index contributed by atoms with van der Waals surface area (Å²) in [6, 6.07) is 0. The number of carboxylic acid groups (broad SMARTS) is 1. The van der Waals surface area contributed by atoms with E-state index in [1.807, 2.05) is 0 Å². The molecule has 8 heteroatoms. The molecule has 0 radical (unpaired) electrons. The van der Waals surface area contributed by atoms with Crippen LogP contribution in [0.1, 0.15) is 111 Å². The van der Waals surface area contributed by atoms with Crippen LogP contribution in [0.25, 0.3) is 0 Å². The standard InChI is InChI=1S/C38H58N2O5S/c1-25-28(26-7-9-27(10-8-26)34(42)43)13-16-35(2)29(25)14-17-37(4)32(35)12-11-30-31-6-5-15-38(31,19-18-36(30,37)3)39-24-33(41)40-20-22-46(44,45)23-21-40/h7,13,25,27,29-32,39H,5-6,8-12,14-24H2,1-4H3,(H,42,43)/t25?,27?,29?,30?,31?,32?,35?,36-,37?,38?/m1/s1. The van der Waals surface area contributed by atoms with Crippen molar-refractivity contribution < 1.29 is 23.1 Å². The van der Waals surface area contributed by atoms with E-state index in [-0.39, 0.29) is 28.9 Å². The fraction of sp³-hybridized carbons (Fsp3) is 0.842. The zero-order chi connectivity index (χ0) is 32.7. The Morgan fingerprint density at radius 1 is 0.913 bits per heavy atom. The van der Waals surface area contributed by atoms with Crippen LogP contribution in [0.5, 0.6) is 0 Å². The maximum atomic E-state index is 13.2. The normalized spacial score (nSPS) is 46.6. The molecule has 1 heterocycles. The van der Waals surface area contributed by atoms with E-state index >= 15 is 0 Å². The quantitative estimate of drug-likeness (QED) is 0.356. The number of carbonyl (C=O) groups excluding carboxylic acids is 1. The van der Waals surface area contributed by atoms with Crippen LogP contribution in [0.15, 0.2) is 23.3 Å². The Morgan fingerprint density at radius 3 is 2.37 bits per heavy atom. The SMILES string of the molecule is CC1C(C2=CCC(C(=O)O)CC2)=CCC2(C)C1CCC1(C)C2CCC2C3CCCC3(NCC(=O)N3CCS(=O)(=O)CC3)CC[C@]21C. The highest BCUT2D eigenvalue weighted by atomic mass is 32.2. The first-order valence-electron chi connectivity index (χ1n) is 18.6. The lowest BCUT2D eigenvalue weighted by Crippen LogP contribution is -2.67. The van der Waals surface area contributed by atoms with E-state index in [2.05, 4.69) is 45.2 Å². The Balaban J connectivity index is 1.08. The highest BCUT2D eigenvalue weighted by Gasteiger charge is 2.68. The number of carbonyl (C=O) groups is 2. The summed E-state index contributed by atoms with van der Waals surface area (Å²) < 4.78 is 23.8. The molecule has 256 valence electrons. The lowest BCUT2D eigenvalue weighted by atomic mass is 9.34. The molecular formula is C38H58N2O5S. The number of hydrogen-bond donors (Lipinski definition) is 2. The molecule has 1 saturated heterocycles. The van der Waals surface area contributed by atoms with Gasteiger partial charge in [-0.1, -0.05) is 46.3 Å². The second-order valence-corrected chi connectivity index (χ2v) is 19.8. The number of amides is 1. The molecule has 46 heavy (non-hydrogen) atoms. The molecule has 5 fully saturated rings. The number of aliphatic carboxylic acids is 1. The molecule has 0 aromatic rings. The maximum Gasteiger partial charge on any atom is 0.306 e. The first-order chi connectivity index (χ1) is 21.7. The monoisotopic (exact) mass is 654 g/mol. The molecule has 9 unspecified atom stereocenters. The molecular weight excluding hydrogens is 596 g/mol. The van der Waals surface area contributed by atoms with Gasteiger partial charge in [0.25, 0.3) is 0 Å². The second kappa shape index (κ2) is 11.5. The van der Waals surface area contributed by atoms with Gasteiger partial charge in [-0.25, -0.2) is 8.42 Å². The van der Waals surface area contributed by atoms with Crippen LogP contribution in [0.3, 0.4) is 0 Å². The largest absolute Gasteiger partial charge is 0.481 e. The molecule has 6 aliphatic carbocycles. The van der Waals surface area contributed by atoms with E-state index in [0.29, 0.717) is 71.9 Å². The number of nitrogens with zero attached hydrogens (tertiary/aromatic N) is 1. The number of nitrogens with one attached hydrogen (secondary N) is 1. The molecule has 4 saturated carbocycles. The number of fused-ring (bicyclic) bond motifs is 7. The summed E-state index contributed by atoms with van der Waals surface area (Å²) in [6.07, 6.45) is 19.5. The molecule has 2 N–H and O–H groups in total. The van der Waals surface area contributed by atoms with Crippen LogP contribution < -0.4 is 5.32 Å². The van der Waals surface area contributed by atoms with Gasteiger partial charge in [0.15, 0.2) is 9.84 Å². The Kier molecular flexibility index (Phi) is 8.18. The number of rotatable bonds is 5. The fourth-order valence-electron chi connectivity index (χ4n) is 13.2. The van der Waals surface area contributed by atoms with Gasteiger partial charge in [-0.3, -0.25) is 9.59 Å². The number of carboxylic acids is 1. The van der Waals surface area contributed by atoms with Crippen molar-refractivity contribution in [1.82, 2.24) is 10.2 Å². The van der Waals surface area contributed by atoms with Crippen LogP contribution in [-0.2, 0) is 19.4 Å². The van der Waals surface area contributed by atoms with E-state index < -0.39 is 15.8 Å². The van der Waals surface area contributed by atoms with E-state index in [0.717, 1.165) is 32.1 Å². The van der Waals surface area contributed by atoms with Gasteiger partial charge in [0.1, 0.15) is 0 Å². The van der Waals surface area contributed by atoms with Crippen molar-refractivity contribution in [1.29, 1.82) is 0 Å².